The summed E-state index contributed by atoms with van der Waals surface area (Å²) in [5, 5.41) is 10.7. The van der Waals surface area contributed by atoms with E-state index >= 15 is 4.39 Å². The Labute approximate surface area is 313 Å². The summed E-state index contributed by atoms with van der Waals surface area (Å²) in [7, 11) is 0. The van der Waals surface area contributed by atoms with Crippen molar-refractivity contribution in [2.75, 3.05) is 64.0 Å². The van der Waals surface area contributed by atoms with Gasteiger partial charge >= 0.3 is 6.01 Å². The summed E-state index contributed by atoms with van der Waals surface area (Å²) < 4.78 is 43.3. The molecule has 53 heavy (non-hydrogen) atoms. The quantitative estimate of drug-likeness (QED) is 0.252. The van der Waals surface area contributed by atoms with E-state index in [1.807, 2.05) is 17.9 Å². The molecule has 2 bridgehead atoms. The van der Waals surface area contributed by atoms with Gasteiger partial charge in [0.15, 0.2) is 5.82 Å². The molecule has 0 aliphatic carbocycles. The number of rotatable bonds is 10. The van der Waals surface area contributed by atoms with Gasteiger partial charge in [0, 0.05) is 74.1 Å². The molecule has 0 radical (unpaired) electrons. The molecule has 1 aromatic carbocycles. The second-order valence-electron chi connectivity index (χ2n) is 15.0. The summed E-state index contributed by atoms with van der Waals surface area (Å²) in [6.07, 6.45) is 9.25. The topological polar surface area (TPSA) is 111 Å². The fourth-order valence-corrected chi connectivity index (χ4v) is 9.61. The van der Waals surface area contributed by atoms with E-state index in [1.165, 1.54) is 0 Å². The lowest BCUT2D eigenvalue weighted by molar-refractivity contribution is -0.128. The van der Waals surface area contributed by atoms with Gasteiger partial charge in [0.25, 0.3) is 0 Å². The van der Waals surface area contributed by atoms with Gasteiger partial charge in [-0.05, 0) is 50.3 Å². The van der Waals surface area contributed by atoms with Crippen LogP contribution in [-0.4, -0.2) is 124 Å². The molecule has 280 valence electrons. The van der Waals surface area contributed by atoms with Gasteiger partial charge in [-0.1, -0.05) is 36.7 Å². The number of nitrogens with zero attached hydrogens (tertiary/aromatic N) is 8. The van der Waals surface area contributed by atoms with Crippen LogP contribution in [0.4, 0.5) is 14.6 Å². The van der Waals surface area contributed by atoms with Crippen LogP contribution in [0.25, 0.3) is 22.2 Å². The Balaban J connectivity index is 1.09. The van der Waals surface area contributed by atoms with Gasteiger partial charge in [-0.3, -0.25) is 19.6 Å². The van der Waals surface area contributed by atoms with Crippen molar-refractivity contribution in [1.82, 2.24) is 29.7 Å². The maximum absolute atomic E-state index is 16.8. The molecule has 14 heteroatoms. The Hall–Kier alpha value is -3.96. The Morgan fingerprint density at radius 2 is 2.02 bits per heavy atom. The summed E-state index contributed by atoms with van der Waals surface area (Å²) >= 11 is 6.52. The third kappa shape index (κ3) is 6.84. The molecule has 5 aliphatic rings. The number of nitriles is 1. The zero-order valence-electron chi connectivity index (χ0n) is 30.0. The number of aromatic nitrogens is 3. The minimum absolute atomic E-state index is 0.00996. The molecular formula is C39H45ClF2N8O3. The molecule has 2 aromatic heterocycles. The van der Waals surface area contributed by atoms with Crippen molar-refractivity contribution in [3.05, 3.63) is 53.0 Å². The standard InChI is InChI=1S/C39H45ClF2N8O3/c1-2-29-30(6-3-7-32(29)40)35-34(42)36-31(19-44-35)37(46-38(45-36)53-24-39-12-5-14-48(39)20-25(41)18-39)47-16-17-50(26(21-47)11-13-43)33(51)8-4-15-49-27-9-10-28(49)23-52-22-27/h3-4,6-8,19,25-28H,2,5,9-12,14-18,20-24H2,1H3/b8-4+/t25-,26+,27-,28+,39+/m1/s1. The number of alkyl halides is 1. The maximum Gasteiger partial charge on any atom is 0.319 e. The minimum atomic E-state index is -0.927. The number of hydrogen-bond donors (Lipinski definition) is 0. The number of anilines is 1. The van der Waals surface area contributed by atoms with Gasteiger partial charge in [-0.25, -0.2) is 8.78 Å². The molecule has 11 nitrogen and oxygen atoms in total. The third-order valence-corrected chi connectivity index (χ3v) is 12.3. The zero-order valence-corrected chi connectivity index (χ0v) is 30.8. The van der Waals surface area contributed by atoms with Crippen LogP contribution >= 0.6 is 11.6 Å². The first-order valence-electron chi connectivity index (χ1n) is 18.9. The SMILES string of the molecule is CCc1c(Cl)cccc1-c1ncc2c(N3CCN(C(=O)/C=C/CN4[C@@H]5CC[C@H]4COC5)[C@@H](CC#N)C3)nc(OC[C@@]34CCCN3C[C@H](F)C4)nc2c1F. The van der Waals surface area contributed by atoms with Crippen molar-refractivity contribution in [2.24, 2.45) is 0 Å². The Bertz CT molecular complexity index is 1930. The molecule has 0 saturated carbocycles. The van der Waals surface area contributed by atoms with E-state index < -0.39 is 23.6 Å². The van der Waals surface area contributed by atoms with E-state index in [0.29, 0.717) is 79.4 Å². The van der Waals surface area contributed by atoms with Gasteiger partial charge in [0.05, 0.1) is 42.7 Å². The highest BCUT2D eigenvalue weighted by atomic mass is 35.5. The molecule has 5 aliphatic heterocycles. The Morgan fingerprint density at radius 3 is 2.81 bits per heavy atom. The van der Waals surface area contributed by atoms with Gasteiger partial charge in [0.2, 0.25) is 5.91 Å². The van der Waals surface area contributed by atoms with Crippen molar-refractivity contribution in [1.29, 1.82) is 5.26 Å². The highest BCUT2D eigenvalue weighted by molar-refractivity contribution is 6.31. The summed E-state index contributed by atoms with van der Waals surface area (Å²) in [5.74, 6) is -0.357. The number of benzene rings is 1. The average molecular weight is 747 g/mol. The number of pyridine rings is 1. The lowest BCUT2D eigenvalue weighted by Gasteiger charge is -2.41. The fourth-order valence-electron chi connectivity index (χ4n) is 9.30. The molecule has 5 saturated heterocycles. The normalized spacial score (nSPS) is 27.5. The number of carbonyl (C=O) groups excluding carboxylic acids is 1. The van der Waals surface area contributed by atoms with Gasteiger partial charge < -0.3 is 19.3 Å². The summed E-state index contributed by atoms with van der Waals surface area (Å²) in [6.45, 7) is 6.50. The molecule has 7 heterocycles. The van der Waals surface area contributed by atoms with Gasteiger partial charge in [-0.15, -0.1) is 0 Å². The van der Waals surface area contributed by atoms with Gasteiger partial charge in [0.1, 0.15) is 29.8 Å². The predicted molar refractivity (Wildman–Crippen MR) is 197 cm³/mol. The molecule has 8 rings (SSSR count). The molecule has 1 amide bonds. The van der Waals surface area contributed by atoms with Crippen molar-refractivity contribution in [3.8, 4) is 23.3 Å². The van der Waals surface area contributed by atoms with Crippen molar-refractivity contribution >= 4 is 34.2 Å². The number of amides is 1. The lowest BCUT2D eigenvalue weighted by atomic mass is 9.95. The number of carbonyl (C=O) groups is 1. The smallest absolute Gasteiger partial charge is 0.319 e. The zero-order chi connectivity index (χ0) is 36.7. The van der Waals surface area contributed by atoms with E-state index in [-0.39, 0.29) is 36.2 Å². The molecule has 3 aromatic rings. The van der Waals surface area contributed by atoms with E-state index in [1.54, 1.807) is 35.4 Å². The summed E-state index contributed by atoms with van der Waals surface area (Å²) in [4.78, 5) is 35.9. The lowest BCUT2D eigenvalue weighted by Crippen LogP contribution is -2.55. The van der Waals surface area contributed by atoms with Crippen LogP contribution in [0, 0.1) is 17.1 Å². The van der Waals surface area contributed by atoms with E-state index in [4.69, 9.17) is 26.1 Å². The first-order chi connectivity index (χ1) is 25.8. The monoisotopic (exact) mass is 746 g/mol. The van der Waals surface area contributed by atoms with Crippen LogP contribution in [0.15, 0.2) is 36.5 Å². The van der Waals surface area contributed by atoms with Crippen LogP contribution in [0.3, 0.4) is 0 Å². The second-order valence-corrected chi connectivity index (χ2v) is 15.4. The number of halogens is 3. The van der Waals surface area contributed by atoms with Crippen LogP contribution in [0.1, 0.15) is 51.0 Å². The number of fused-ring (bicyclic) bond motifs is 4. The number of morpholine rings is 1. The number of ether oxygens (including phenoxy) is 2. The highest BCUT2D eigenvalue weighted by Gasteiger charge is 2.49. The Kier molecular flexibility index (Phi) is 10.2. The molecule has 0 N–H and O–H groups in total. The maximum atomic E-state index is 16.8. The molecule has 0 unspecified atom stereocenters. The summed E-state index contributed by atoms with van der Waals surface area (Å²) in [6, 6.07) is 7.94. The van der Waals surface area contributed by atoms with Crippen LogP contribution in [0.2, 0.25) is 5.02 Å². The molecule has 5 atom stereocenters. The number of hydrogen-bond acceptors (Lipinski definition) is 10. The number of piperazine rings is 1. The van der Waals surface area contributed by atoms with Crippen LogP contribution < -0.4 is 9.64 Å². The van der Waals surface area contributed by atoms with Gasteiger partial charge in [-0.2, -0.15) is 15.2 Å². The molecule has 0 spiro atoms. The second kappa shape index (κ2) is 15.1. The largest absolute Gasteiger partial charge is 0.461 e. The first-order valence-corrected chi connectivity index (χ1v) is 19.2. The molecule has 5 fully saturated rings. The summed E-state index contributed by atoms with van der Waals surface area (Å²) in [5.41, 5.74) is 1.08. The fraction of sp³-hybridized carbons (Fsp3) is 0.564. The van der Waals surface area contributed by atoms with Crippen LogP contribution in [0.5, 0.6) is 6.01 Å². The average Bonchev–Trinajstić information content (AvgIpc) is 3.75. The first kappa shape index (κ1) is 36.0. The van der Waals surface area contributed by atoms with Crippen molar-refractivity contribution < 1.29 is 23.0 Å². The predicted octanol–water partition coefficient (Wildman–Crippen LogP) is 5.35. The van der Waals surface area contributed by atoms with Crippen molar-refractivity contribution in [3.63, 3.8) is 0 Å². The van der Waals surface area contributed by atoms with E-state index in [0.717, 1.165) is 51.0 Å². The Morgan fingerprint density at radius 1 is 1.19 bits per heavy atom. The third-order valence-electron chi connectivity index (χ3n) is 12.0. The van der Waals surface area contributed by atoms with E-state index in [9.17, 15) is 14.4 Å². The van der Waals surface area contributed by atoms with E-state index in [2.05, 4.69) is 25.8 Å². The molecular weight excluding hydrogens is 702 g/mol. The highest BCUT2D eigenvalue weighted by Crippen LogP contribution is 2.41. The minimum Gasteiger partial charge on any atom is -0.461 e. The van der Waals surface area contributed by atoms with Crippen molar-refractivity contribution in [2.45, 2.75) is 81.7 Å². The van der Waals surface area contributed by atoms with Crippen LogP contribution in [-0.2, 0) is 16.0 Å².